The van der Waals surface area contributed by atoms with Crippen LogP contribution >= 0.6 is 23.2 Å². The largest absolute Gasteiger partial charge is 0.492 e. The lowest BCUT2D eigenvalue weighted by molar-refractivity contribution is -0.116. The van der Waals surface area contributed by atoms with Crippen molar-refractivity contribution in [3.05, 3.63) is 57.6 Å². The van der Waals surface area contributed by atoms with Gasteiger partial charge in [0, 0.05) is 17.1 Å². The molecule has 0 saturated heterocycles. The van der Waals surface area contributed by atoms with Crippen molar-refractivity contribution in [2.24, 2.45) is 0 Å². The number of hydrogen-bond donors (Lipinski definition) is 2. The van der Waals surface area contributed by atoms with Crippen LogP contribution < -0.4 is 10.1 Å². The van der Waals surface area contributed by atoms with Crippen molar-refractivity contribution in [3.8, 4) is 5.75 Å². The number of aromatic carboxylic acids is 1. The van der Waals surface area contributed by atoms with Crippen LogP contribution in [0.3, 0.4) is 0 Å². The molecule has 0 aliphatic carbocycles. The van der Waals surface area contributed by atoms with E-state index in [1.165, 1.54) is 6.07 Å². The van der Waals surface area contributed by atoms with Gasteiger partial charge in [0.05, 0.1) is 17.2 Å². The number of ether oxygens (including phenoxy) is 1. The second kappa shape index (κ2) is 8.74. The van der Waals surface area contributed by atoms with Crippen molar-refractivity contribution in [1.29, 1.82) is 0 Å². The Morgan fingerprint density at radius 3 is 2.64 bits per heavy atom. The van der Waals surface area contributed by atoms with Crippen LogP contribution in [0.1, 0.15) is 28.8 Å². The molecule has 2 aromatic carbocycles. The third-order valence-corrected chi connectivity index (χ3v) is 4.07. The fourth-order valence-electron chi connectivity index (χ4n) is 2.22. The lowest BCUT2D eigenvalue weighted by Crippen LogP contribution is -2.14. The van der Waals surface area contributed by atoms with E-state index in [2.05, 4.69) is 5.32 Å². The molecule has 5 nitrogen and oxygen atoms in total. The van der Waals surface area contributed by atoms with Gasteiger partial charge in [0.2, 0.25) is 5.91 Å². The van der Waals surface area contributed by atoms with Crippen LogP contribution in [0.5, 0.6) is 5.75 Å². The van der Waals surface area contributed by atoms with Gasteiger partial charge in [-0.1, -0.05) is 29.3 Å². The third kappa shape index (κ3) is 5.37. The Bertz CT molecular complexity index is 793. The topological polar surface area (TPSA) is 75.6 Å². The van der Waals surface area contributed by atoms with Crippen LogP contribution in [0, 0.1) is 6.92 Å². The third-order valence-electron chi connectivity index (χ3n) is 3.54. The van der Waals surface area contributed by atoms with Gasteiger partial charge in [-0.3, -0.25) is 4.79 Å². The molecule has 0 fully saturated rings. The smallest absolute Gasteiger partial charge is 0.336 e. The van der Waals surface area contributed by atoms with Crippen LogP contribution in [0.4, 0.5) is 5.69 Å². The van der Waals surface area contributed by atoms with Gasteiger partial charge < -0.3 is 15.2 Å². The molecule has 0 aromatic heterocycles. The quantitative estimate of drug-likeness (QED) is 0.675. The summed E-state index contributed by atoms with van der Waals surface area (Å²) >= 11 is 11.8. The first-order valence-corrected chi connectivity index (χ1v) is 8.34. The molecule has 0 atom stereocenters. The predicted octanol–water partition coefficient (Wildman–Crippen LogP) is 4.80. The Morgan fingerprint density at radius 2 is 1.96 bits per heavy atom. The zero-order valence-electron chi connectivity index (χ0n) is 13.5. The number of carbonyl (C=O) groups is 2. The number of benzene rings is 2. The van der Waals surface area contributed by atoms with Crippen LogP contribution in [0.15, 0.2) is 36.4 Å². The Morgan fingerprint density at radius 1 is 1.20 bits per heavy atom. The summed E-state index contributed by atoms with van der Waals surface area (Å²) in [5.41, 5.74) is 1.18. The molecule has 132 valence electrons. The van der Waals surface area contributed by atoms with Gasteiger partial charge in [-0.25, -0.2) is 4.79 Å². The van der Waals surface area contributed by atoms with Crippen molar-refractivity contribution < 1.29 is 19.4 Å². The van der Waals surface area contributed by atoms with E-state index in [0.717, 1.165) is 0 Å². The summed E-state index contributed by atoms with van der Waals surface area (Å²) < 4.78 is 5.52. The first-order chi connectivity index (χ1) is 11.9. The van der Waals surface area contributed by atoms with Gasteiger partial charge in [0.1, 0.15) is 5.75 Å². The van der Waals surface area contributed by atoms with E-state index in [4.69, 9.17) is 33.0 Å². The summed E-state index contributed by atoms with van der Waals surface area (Å²) in [7, 11) is 0. The second-order valence-corrected chi connectivity index (χ2v) is 6.20. The highest BCUT2D eigenvalue weighted by Gasteiger charge is 2.12. The normalized spacial score (nSPS) is 10.4. The fourth-order valence-corrected chi connectivity index (χ4v) is 2.69. The molecule has 0 spiro atoms. The molecule has 0 saturated carbocycles. The molecule has 1 amide bonds. The number of rotatable bonds is 7. The fraction of sp³-hybridized carbons (Fsp3) is 0.222. The summed E-state index contributed by atoms with van der Waals surface area (Å²) in [6.07, 6.45) is 0.727. The van der Waals surface area contributed by atoms with Gasteiger partial charge in [-0.2, -0.15) is 0 Å². The lowest BCUT2D eigenvalue weighted by Gasteiger charge is -2.11. The number of halogens is 2. The Hall–Kier alpha value is -2.24. The summed E-state index contributed by atoms with van der Waals surface area (Å²) in [5.74, 6) is -0.727. The Labute approximate surface area is 155 Å². The SMILES string of the molecule is Cc1c(NC(=O)CCCOc2ccc(Cl)cc2Cl)cccc1C(=O)O. The number of carboxylic acids is 1. The Balaban J connectivity index is 1.83. The number of carbonyl (C=O) groups excluding carboxylic acids is 1. The average Bonchev–Trinajstić information content (AvgIpc) is 2.55. The van der Waals surface area contributed by atoms with E-state index < -0.39 is 5.97 Å². The Kier molecular flexibility index (Phi) is 6.67. The molecule has 2 aromatic rings. The van der Waals surface area contributed by atoms with Crippen molar-refractivity contribution in [3.63, 3.8) is 0 Å². The molecule has 25 heavy (non-hydrogen) atoms. The minimum Gasteiger partial charge on any atom is -0.492 e. The monoisotopic (exact) mass is 381 g/mol. The van der Waals surface area contributed by atoms with E-state index in [1.807, 2.05) is 0 Å². The highest BCUT2D eigenvalue weighted by Crippen LogP contribution is 2.27. The maximum absolute atomic E-state index is 12.0. The van der Waals surface area contributed by atoms with Crippen molar-refractivity contribution in [1.82, 2.24) is 0 Å². The highest BCUT2D eigenvalue weighted by atomic mass is 35.5. The van der Waals surface area contributed by atoms with E-state index >= 15 is 0 Å². The number of hydrogen-bond acceptors (Lipinski definition) is 3. The number of amides is 1. The van der Waals surface area contributed by atoms with Gasteiger partial charge in [0.25, 0.3) is 0 Å². The van der Waals surface area contributed by atoms with E-state index in [1.54, 1.807) is 37.3 Å². The number of anilines is 1. The zero-order valence-corrected chi connectivity index (χ0v) is 15.0. The molecule has 0 radical (unpaired) electrons. The summed E-state index contributed by atoms with van der Waals surface area (Å²) in [4.78, 5) is 23.1. The molecule has 2 N–H and O–H groups in total. The van der Waals surface area contributed by atoms with Crippen LogP contribution in [0.2, 0.25) is 10.0 Å². The molecule has 0 aliphatic rings. The summed E-state index contributed by atoms with van der Waals surface area (Å²) in [6, 6.07) is 9.70. The van der Waals surface area contributed by atoms with Gasteiger partial charge in [0.15, 0.2) is 0 Å². The maximum Gasteiger partial charge on any atom is 0.336 e. The van der Waals surface area contributed by atoms with E-state index in [9.17, 15) is 9.59 Å². The summed E-state index contributed by atoms with van der Waals surface area (Å²) in [5, 5.41) is 12.8. The second-order valence-electron chi connectivity index (χ2n) is 5.36. The van der Waals surface area contributed by atoms with E-state index in [-0.39, 0.29) is 17.9 Å². The molecular formula is C18H17Cl2NO4. The standard InChI is InChI=1S/C18H17Cl2NO4/c1-11-13(18(23)24)4-2-5-15(11)21-17(22)6-3-9-25-16-8-7-12(19)10-14(16)20/h2,4-5,7-8,10H,3,6,9H2,1H3,(H,21,22)(H,23,24). The average molecular weight is 382 g/mol. The first kappa shape index (κ1) is 19.1. The molecule has 7 heteroatoms. The highest BCUT2D eigenvalue weighted by molar-refractivity contribution is 6.35. The van der Waals surface area contributed by atoms with Crippen LogP contribution in [-0.2, 0) is 4.79 Å². The molecule has 0 unspecified atom stereocenters. The minimum absolute atomic E-state index is 0.165. The number of nitrogens with one attached hydrogen (secondary N) is 1. The van der Waals surface area contributed by atoms with Crippen molar-refractivity contribution in [2.75, 3.05) is 11.9 Å². The number of carboxylic acid groups (broad SMARTS) is 1. The van der Waals surface area contributed by atoms with Gasteiger partial charge in [-0.15, -0.1) is 0 Å². The van der Waals surface area contributed by atoms with Crippen LogP contribution in [0.25, 0.3) is 0 Å². The molecule has 0 bridgehead atoms. The van der Waals surface area contributed by atoms with Gasteiger partial charge in [-0.05, 0) is 49.2 Å². The van der Waals surface area contributed by atoms with Crippen molar-refractivity contribution >= 4 is 40.8 Å². The van der Waals surface area contributed by atoms with E-state index in [0.29, 0.717) is 40.1 Å². The molecule has 0 aliphatic heterocycles. The summed E-state index contributed by atoms with van der Waals surface area (Å²) in [6.45, 7) is 1.98. The van der Waals surface area contributed by atoms with Crippen LogP contribution in [-0.4, -0.2) is 23.6 Å². The predicted molar refractivity (Wildman–Crippen MR) is 98.0 cm³/mol. The van der Waals surface area contributed by atoms with Crippen molar-refractivity contribution in [2.45, 2.75) is 19.8 Å². The van der Waals surface area contributed by atoms with Gasteiger partial charge >= 0.3 is 5.97 Å². The first-order valence-electron chi connectivity index (χ1n) is 7.59. The molecule has 0 heterocycles. The maximum atomic E-state index is 12.0. The zero-order chi connectivity index (χ0) is 18.4. The minimum atomic E-state index is -1.03. The lowest BCUT2D eigenvalue weighted by atomic mass is 10.1. The molecule has 2 rings (SSSR count). The molecular weight excluding hydrogens is 365 g/mol.